The Morgan fingerprint density at radius 2 is 1.37 bits per heavy atom. The molecule has 256 valence electrons. The second kappa shape index (κ2) is 16.1. The number of hydrogen-bond donors (Lipinski definition) is 2. The van der Waals surface area contributed by atoms with Crippen molar-refractivity contribution in [2.45, 2.75) is 43.6 Å². The van der Waals surface area contributed by atoms with Gasteiger partial charge in [0.2, 0.25) is 0 Å². The number of ether oxygens (including phenoxy) is 5. The number of benzene rings is 4. The minimum Gasteiger partial charge on any atom is -0.496 e. The Hall–Kier alpha value is -5.51. The predicted octanol–water partition coefficient (Wildman–Crippen LogP) is 6.57. The third kappa shape index (κ3) is 8.14. The highest BCUT2D eigenvalue weighted by atomic mass is 16.6. The number of carboxylic acids is 1. The molecule has 1 amide bonds. The number of carbonyl (C=O) groups excluding carboxylic acids is 2. The minimum absolute atomic E-state index is 0.0582. The van der Waals surface area contributed by atoms with Crippen LogP contribution in [0.4, 0.5) is 4.79 Å². The van der Waals surface area contributed by atoms with Crippen molar-refractivity contribution in [1.29, 1.82) is 0 Å². The molecule has 0 bridgehead atoms. The molecule has 5 rings (SSSR count). The normalized spacial score (nSPS) is 13.0. The highest BCUT2D eigenvalue weighted by Gasteiger charge is 2.44. The number of esters is 1. The number of fused-ring (bicyclic) bond motifs is 3. The fourth-order valence-electron chi connectivity index (χ4n) is 6.40. The number of nitrogens with one attached hydrogen (secondary N) is 1. The lowest BCUT2D eigenvalue weighted by Gasteiger charge is -2.33. The van der Waals surface area contributed by atoms with Crippen LogP contribution < -0.4 is 19.5 Å². The van der Waals surface area contributed by atoms with Crippen LogP contribution in [0.3, 0.4) is 0 Å². The van der Waals surface area contributed by atoms with E-state index in [2.05, 4.69) is 17.4 Å². The Bertz CT molecular complexity index is 1700. The number of methoxy groups -OCH3 is 3. The van der Waals surface area contributed by atoms with Gasteiger partial charge < -0.3 is 34.1 Å². The molecular formula is C39H41NO9. The number of amides is 1. The van der Waals surface area contributed by atoms with Crippen molar-refractivity contribution in [2.24, 2.45) is 0 Å². The lowest BCUT2D eigenvalue weighted by Crippen LogP contribution is -2.58. The SMILES string of the molecule is COC(=O)[C@@](Cc1ccccc1)(Cc1c(OC)cc(OCCCCC(=O)O)cc1OC)NC(=O)OCC1c2ccccc2-c2ccccc21. The van der Waals surface area contributed by atoms with Crippen molar-refractivity contribution >= 4 is 18.0 Å². The van der Waals surface area contributed by atoms with Crippen LogP contribution in [-0.4, -0.2) is 63.2 Å². The molecule has 2 N–H and O–H groups in total. The second-order valence-corrected chi connectivity index (χ2v) is 11.9. The zero-order valence-corrected chi connectivity index (χ0v) is 27.9. The first-order valence-electron chi connectivity index (χ1n) is 16.1. The molecule has 10 nitrogen and oxygen atoms in total. The van der Waals surface area contributed by atoms with Crippen LogP contribution in [0, 0.1) is 0 Å². The Balaban J connectivity index is 1.43. The van der Waals surface area contributed by atoms with E-state index in [9.17, 15) is 14.4 Å². The molecule has 0 spiro atoms. The van der Waals surface area contributed by atoms with Crippen LogP contribution in [0.2, 0.25) is 0 Å². The number of alkyl carbamates (subject to hydrolysis) is 1. The molecule has 4 aromatic carbocycles. The quantitative estimate of drug-likeness (QED) is 0.101. The van der Waals surface area contributed by atoms with Crippen LogP contribution in [0.1, 0.15) is 47.4 Å². The number of aliphatic carboxylic acids is 1. The molecule has 0 saturated heterocycles. The average molecular weight is 668 g/mol. The number of rotatable bonds is 16. The summed E-state index contributed by atoms with van der Waals surface area (Å²) < 4.78 is 28.6. The topological polar surface area (TPSA) is 130 Å². The van der Waals surface area contributed by atoms with Crippen molar-refractivity contribution in [1.82, 2.24) is 5.32 Å². The zero-order chi connectivity index (χ0) is 34.8. The van der Waals surface area contributed by atoms with Gasteiger partial charge in [0.05, 0.1) is 27.9 Å². The van der Waals surface area contributed by atoms with E-state index in [1.165, 1.54) is 21.3 Å². The third-order valence-electron chi connectivity index (χ3n) is 8.72. The van der Waals surface area contributed by atoms with E-state index < -0.39 is 23.6 Å². The van der Waals surface area contributed by atoms with Crippen LogP contribution in [0.15, 0.2) is 91.0 Å². The first-order valence-corrected chi connectivity index (χ1v) is 16.1. The molecule has 0 aliphatic heterocycles. The first-order chi connectivity index (χ1) is 23.8. The lowest BCUT2D eigenvalue weighted by molar-refractivity contribution is -0.148. The van der Waals surface area contributed by atoms with Gasteiger partial charge in [0, 0.05) is 42.9 Å². The van der Waals surface area contributed by atoms with Crippen molar-refractivity contribution in [2.75, 3.05) is 34.5 Å². The molecule has 4 aromatic rings. The van der Waals surface area contributed by atoms with E-state index in [0.29, 0.717) is 42.3 Å². The zero-order valence-electron chi connectivity index (χ0n) is 27.9. The average Bonchev–Trinajstić information content (AvgIpc) is 3.44. The van der Waals surface area contributed by atoms with Gasteiger partial charge in [-0.2, -0.15) is 0 Å². The summed E-state index contributed by atoms with van der Waals surface area (Å²) in [6.07, 6.45) is 0.323. The van der Waals surface area contributed by atoms with E-state index in [1.54, 1.807) is 12.1 Å². The molecule has 0 saturated carbocycles. The highest BCUT2D eigenvalue weighted by molar-refractivity contribution is 5.87. The number of hydrogen-bond acceptors (Lipinski definition) is 8. The molecular weight excluding hydrogens is 626 g/mol. The fraction of sp³-hybridized carbons (Fsp3) is 0.308. The molecule has 0 radical (unpaired) electrons. The van der Waals surface area contributed by atoms with E-state index in [-0.39, 0.29) is 31.8 Å². The standard InChI is InChI=1S/C39H41NO9/c1-45-34-21-27(48-20-12-11-19-36(41)42)22-35(46-2)32(34)24-39(37(43)47-3,23-26-13-5-4-6-14-26)40-38(44)49-25-33-30-17-9-7-15-28(30)29-16-8-10-18-31(29)33/h4-10,13-18,21-22,33H,11-12,19-20,23-25H2,1-3H3,(H,40,44)(H,41,42)/t39-/m1/s1. The van der Waals surface area contributed by atoms with E-state index in [0.717, 1.165) is 27.8 Å². The minimum atomic E-state index is -1.63. The van der Waals surface area contributed by atoms with Crippen LogP contribution in [0.5, 0.6) is 17.2 Å². The second-order valence-electron chi connectivity index (χ2n) is 11.9. The summed E-state index contributed by atoms with van der Waals surface area (Å²) in [6.45, 7) is 0.357. The Morgan fingerprint density at radius 1 is 0.776 bits per heavy atom. The summed E-state index contributed by atoms with van der Waals surface area (Å²) >= 11 is 0. The highest BCUT2D eigenvalue weighted by Crippen LogP contribution is 2.44. The van der Waals surface area contributed by atoms with Gasteiger partial charge in [0.15, 0.2) is 0 Å². The van der Waals surface area contributed by atoms with Crippen LogP contribution in [0.25, 0.3) is 11.1 Å². The van der Waals surface area contributed by atoms with Crippen molar-refractivity contribution in [3.63, 3.8) is 0 Å². The molecule has 10 heteroatoms. The maximum atomic E-state index is 13.8. The van der Waals surface area contributed by atoms with E-state index in [1.807, 2.05) is 66.7 Å². The monoisotopic (exact) mass is 667 g/mol. The third-order valence-corrected chi connectivity index (χ3v) is 8.72. The van der Waals surface area contributed by atoms with Crippen molar-refractivity contribution in [3.05, 3.63) is 113 Å². The number of carboxylic acid groups (broad SMARTS) is 1. The smallest absolute Gasteiger partial charge is 0.408 e. The van der Waals surface area contributed by atoms with E-state index >= 15 is 0 Å². The first kappa shape index (κ1) is 34.8. The van der Waals surface area contributed by atoms with E-state index in [4.69, 9.17) is 28.8 Å². The van der Waals surface area contributed by atoms with Gasteiger partial charge >= 0.3 is 18.0 Å². The van der Waals surface area contributed by atoms with Gasteiger partial charge in [-0.25, -0.2) is 9.59 Å². The summed E-state index contributed by atoms with van der Waals surface area (Å²) in [7, 11) is 4.26. The Labute approximate surface area is 285 Å². The van der Waals surface area contributed by atoms with Crippen LogP contribution in [-0.2, 0) is 31.9 Å². The largest absolute Gasteiger partial charge is 0.496 e. The molecule has 1 aliphatic carbocycles. The number of carbonyl (C=O) groups is 3. The fourth-order valence-corrected chi connectivity index (χ4v) is 6.40. The van der Waals surface area contributed by atoms with Gasteiger partial charge in [0.25, 0.3) is 0 Å². The predicted molar refractivity (Wildman–Crippen MR) is 183 cm³/mol. The maximum absolute atomic E-state index is 13.8. The van der Waals surface area contributed by atoms with Crippen molar-refractivity contribution in [3.8, 4) is 28.4 Å². The Morgan fingerprint density at radius 3 is 1.94 bits per heavy atom. The van der Waals surface area contributed by atoms with Gasteiger partial charge in [-0.05, 0) is 40.7 Å². The summed E-state index contributed by atoms with van der Waals surface area (Å²) in [5, 5.41) is 11.8. The van der Waals surface area contributed by atoms with Gasteiger partial charge in [-0.1, -0.05) is 78.9 Å². The molecule has 0 heterocycles. The summed E-state index contributed by atoms with van der Waals surface area (Å²) in [6, 6.07) is 28.8. The summed E-state index contributed by atoms with van der Waals surface area (Å²) in [5.41, 5.74) is 4.00. The Kier molecular flexibility index (Phi) is 11.4. The molecule has 0 unspecified atom stereocenters. The molecule has 49 heavy (non-hydrogen) atoms. The maximum Gasteiger partial charge on any atom is 0.408 e. The lowest BCUT2D eigenvalue weighted by atomic mass is 9.83. The molecule has 1 aliphatic rings. The van der Waals surface area contributed by atoms with Crippen LogP contribution >= 0.6 is 0 Å². The molecule has 0 aromatic heterocycles. The molecule has 0 fully saturated rings. The van der Waals surface area contributed by atoms with Crippen molar-refractivity contribution < 1.29 is 43.2 Å². The van der Waals surface area contributed by atoms with Gasteiger partial charge in [0.1, 0.15) is 29.4 Å². The summed E-state index contributed by atoms with van der Waals surface area (Å²) in [4.78, 5) is 38.4. The van der Waals surface area contributed by atoms with Gasteiger partial charge in [-0.3, -0.25) is 4.79 Å². The summed E-state index contributed by atoms with van der Waals surface area (Å²) in [5.74, 6) is -0.511. The number of unbranched alkanes of at least 4 members (excludes halogenated alkanes) is 1. The molecule has 1 atom stereocenters. The van der Waals surface area contributed by atoms with Gasteiger partial charge in [-0.15, -0.1) is 0 Å².